The molecule has 10 heteroatoms. The van der Waals surface area contributed by atoms with E-state index in [1.807, 2.05) is 0 Å². The van der Waals surface area contributed by atoms with E-state index < -0.39 is 22.0 Å². The van der Waals surface area contributed by atoms with Gasteiger partial charge in [0.05, 0.1) is 17.7 Å². The zero-order valence-corrected chi connectivity index (χ0v) is 17.5. The summed E-state index contributed by atoms with van der Waals surface area (Å²) in [7, 11) is -2.53. The predicted molar refractivity (Wildman–Crippen MR) is 111 cm³/mol. The molecule has 1 atom stereocenters. The zero-order chi connectivity index (χ0) is 21.5. The molecule has 4 rings (SSSR count). The Morgan fingerprint density at radius 1 is 1.23 bits per heavy atom. The number of carbonyl (C=O) groups is 2. The van der Waals surface area contributed by atoms with E-state index in [4.69, 9.17) is 16.3 Å². The molecular formula is C20H18ClN3O5S. The van der Waals surface area contributed by atoms with Gasteiger partial charge in [0, 0.05) is 17.8 Å². The van der Waals surface area contributed by atoms with Gasteiger partial charge in [-0.1, -0.05) is 23.7 Å². The Kier molecular flexibility index (Phi) is 5.25. The topological polar surface area (TPSA) is 105 Å². The number of anilines is 1. The highest BCUT2D eigenvalue weighted by Gasteiger charge is 2.39. The summed E-state index contributed by atoms with van der Waals surface area (Å²) >= 11 is 6.02. The zero-order valence-electron chi connectivity index (χ0n) is 16.0. The highest BCUT2D eigenvalue weighted by Crippen LogP contribution is 2.31. The summed E-state index contributed by atoms with van der Waals surface area (Å²) in [5, 5.41) is 2.99. The van der Waals surface area contributed by atoms with Gasteiger partial charge >= 0.3 is 5.97 Å². The summed E-state index contributed by atoms with van der Waals surface area (Å²) in [6.07, 6.45) is 1.26. The van der Waals surface area contributed by atoms with Gasteiger partial charge in [0.2, 0.25) is 5.91 Å². The number of likely N-dealkylation sites (tertiary alicyclic amines) is 1. The van der Waals surface area contributed by atoms with Crippen molar-refractivity contribution in [2.45, 2.75) is 23.8 Å². The first-order valence-electron chi connectivity index (χ1n) is 9.21. The van der Waals surface area contributed by atoms with Crippen molar-refractivity contribution in [3.8, 4) is 0 Å². The van der Waals surface area contributed by atoms with E-state index in [9.17, 15) is 18.0 Å². The number of ether oxygens (including phenoxy) is 1. The smallest absolute Gasteiger partial charge is 0.339 e. The van der Waals surface area contributed by atoms with Gasteiger partial charge in [0.1, 0.15) is 10.9 Å². The number of hydrogen-bond acceptors (Lipinski definition) is 6. The third-order valence-electron chi connectivity index (χ3n) is 5.08. The number of esters is 1. The lowest BCUT2D eigenvalue weighted by molar-refractivity contribution is -0.119. The molecule has 0 radical (unpaired) electrons. The van der Waals surface area contributed by atoms with E-state index in [1.165, 1.54) is 25.3 Å². The number of nitrogens with one attached hydrogen (secondary N) is 1. The van der Waals surface area contributed by atoms with Gasteiger partial charge in [-0.3, -0.25) is 4.79 Å². The molecule has 2 aromatic carbocycles. The molecule has 2 aliphatic heterocycles. The number of carbonyl (C=O) groups excluding carboxylic acids is 2. The maximum Gasteiger partial charge on any atom is 0.339 e. The lowest BCUT2D eigenvalue weighted by Crippen LogP contribution is -2.43. The molecule has 0 aliphatic carbocycles. The fraction of sp³-hybridized carbons (Fsp3) is 0.250. The average Bonchev–Trinajstić information content (AvgIpc) is 3.32. The Labute approximate surface area is 178 Å². The molecule has 0 bridgehead atoms. The lowest BCUT2D eigenvalue weighted by Gasteiger charge is -2.25. The number of methoxy groups -OCH3 is 1. The number of rotatable bonds is 3. The van der Waals surface area contributed by atoms with Crippen LogP contribution < -0.4 is 5.32 Å². The third-order valence-corrected chi connectivity index (χ3v) is 6.73. The van der Waals surface area contributed by atoms with Crippen LogP contribution in [0.2, 0.25) is 5.02 Å². The molecule has 0 unspecified atom stereocenters. The summed E-state index contributed by atoms with van der Waals surface area (Å²) in [5.41, 5.74) is 1.02. The van der Waals surface area contributed by atoms with E-state index in [2.05, 4.69) is 9.71 Å². The first-order valence-corrected chi connectivity index (χ1v) is 11.0. The minimum Gasteiger partial charge on any atom is -0.465 e. The van der Waals surface area contributed by atoms with Gasteiger partial charge in [-0.05, 0) is 43.2 Å². The molecule has 2 aliphatic rings. The number of amidine groups is 1. The molecule has 1 fully saturated rings. The minimum atomic E-state index is -3.77. The van der Waals surface area contributed by atoms with Crippen LogP contribution in [0.3, 0.4) is 0 Å². The predicted octanol–water partition coefficient (Wildman–Crippen LogP) is 2.68. The summed E-state index contributed by atoms with van der Waals surface area (Å²) in [4.78, 5) is 26.7. The van der Waals surface area contributed by atoms with Gasteiger partial charge in [-0.25, -0.2) is 4.79 Å². The Bertz CT molecular complexity index is 1180. The SMILES string of the molecule is COC(=O)c1cc(NC(=O)[C@@H]2CCCN2C2=NS(=O)(=O)c3ccccc32)ccc1Cl. The number of benzene rings is 2. The summed E-state index contributed by atoms with van der Waals surface area (Å²) in [6, 6.07) is 10.5. The van der Waals surface area contributed by atoms with Crippen molar-refractivity contribution in [2.24, 2.45) is 4.40 Å². The number of fused-ring (bicyclic) bond motifs is 1. The van der Waals surface area contributed by atoms with Crippen molar-refractivity contribution in [1.82, 2.24) is 4.90 Å². The maximum atomic E-state index is 13.0. The van der Waals surface area contributed by atoms with E-state index in [0.717, 1.165) is 0 Å². The largest absolute Gasteiger partial charge is 0.465 e. The number of halogens is 1. The van der Waals surface area contributed by atoms with Crippen LogP contribution >= 0.6 is 11.6 Å². The number of amides is 1. The van der Waals surface area contributed by atoms with Gasteiger partial charge in [-0.2, -0.15) is 8.42 Å². The highest BCUT2D eigenvalue weighted by atomic mass is 35.5. The average molecular weight is 448 g/mol. The van der Waals surface area contributed by atoms with Crippen LogP contribution in [0.5, 0.6) is 0 Å². The molecule has 156 valence electrons. The van der Waals surface area contributed by atoms with Crippen molar-refractivity contribution in [3.05, 3.63) is 58.6 Å². The van der Waals surface area contributed by atoms with Crippen molar-refractivity contribution in [2.75, 3.05) is 19.0 Å². The first kappa shape index (κ1) is 20.4. The van der Waals surface area contributed by atoms with Crippen LogP contribution in [0, 0.1) is 0 Å². The monoisotopic (exact) mass is 447 g/mol. The van der Waals surface area contributed by atoms with Crippen LogP contribution in [-0.2, 0) is 19.6 Å². The van der Waals surface area contributed by atoms with Gasteiger partial charge in [0.25, 0.3) is 10.0 Å². The number of hydrogen-bond donors (Lipinski definition) is 1. The Morgan fingerprint density at radius 3 is 2.77 bits per heavy atom. The molecule has 0 spiro atoms. The fourth-order valence-corrected chi connectivity index (χ4v) is 5.10. The van der Waals surface area contributed by atoms with E-state index >= 15 is 0 Å². The second-order valence-electron chi connectivity index (χ2n) is 6.91. The van der Waals surface area contributed by atoms with Crippen LogP contribution in [0.1, 0.15) is 28.8 Å². The molecule has 30 heavy (non-hydrogen) atoms. The summed E-state index contributed by atoms with van der Waals surface area (Å²) in [5.74, 6) is -0.648. The molecule has 1 saturated heterocycles. The number of sulfonamides is 1. The molecule has 0 saturated carbocycles. The second-order valence-corrected chi connectivity index (χ2v) is 8.89. The molecule has 2 aromatic rings. The Morgan fingerprint density at radius 2 is 2.00 bits per heavy atom. The highest BCUT2D eigenvalue weighted by molar-refractivity contribution is 7.90. The standard InChI is InChI=1S/C20H18ClN3O5S/c1-29-20(26)14-11-12(8-9-15(14)21)22-19(25)16-6-4-10-24(16)18-13-5-2-3-7-17(13)30(27,28)23-18/h2-3,5,7-9,11,16H,4,6,10H2,1H3,(H,22,25)/t16-/m0/s1. The fourth-order valence-electron chi connectivity index (χ4n) is 3.68. The molecule has 8 nitrogen and oxygen atoms in total. The molecule has 2 heterocycles. The van der Waals surface area contributed by atoms with Gasteiger partial charge in [0.15, 0.2) is 5.84 Å². The van der Waals surface area contributed by atoms with Crippen molar-refractivity contribution >= 4 is 45.0 Å². The van der Waals surface area contributed by atoms with E-state index in [1.54, 1.807) is 29.2 Å². The number of nitrogens with zero attached hydrogens (tertiary/aromatic N) is 2. The summed E-state index contributed by atoms with van der Waals surface area (Å²) < 4.78 is 33.4. The quantitative estimate of drug-likeness (QED) is 0.725. The lowest BCUT2D eigenvalue weighted by atomic mass is 10.1. The molecule has 1 amide bonds. The second kappa shape index (κ2) is 7.73. The van der Waals surface area contributed by atoms with Crippen LogP contribution in [0.15, 0.2) is 51.8 Å². The maximum absolute atomic E-state index is 13.0. The molecular weight excluding hydrogens is 430 g/mol. The van der Waals surface area contributed by atoms with Gasteiger partial charge in [-0.15, -0.1) is 4.40 Å². The summed E-state index contributed by atoms with van der Waals surface area (Å²) in [6.45, 7) is 0.509. The minimum absolute atomic E-state index is 0.139. The first-order chi connectivity index (χ1) is 14.3. The van der Waals surface area contributed by atoms with Crippen LogP contribution in [0.4, 0.5) is 5.69 Å². The van der Waals surface area contributed by atoms with E-state index in [-0.39, 0.29) is 27.2 Å². The van der Waals surface area contributed by atoms with E-state index in [0.29, 0.717) is 30.6 Å². The third kappa shape index (κ3) is 3.54. The normalized spacial score (nSPS) is 19.2. The van der Waals surface area contributed by atoms with Crippen molar-refractivity contribution in [1.29, 1.82) is 0 Å². The van der Waals surface area contributed by atoms with Crippen LogP contribution in [0.25, 0.3) is 0 Å². The van der Waals surface area contributed by atoms with Gasteiger partial charge < -0.3 is 15.0 Å². The Hall–Kier alpha value is -2.91. The molecule has 0 aromatic heterocycles. The van der Waals surface area contributed by atoms with Crippen LogP contribution in [-0.4, -0.2) is 50.7 Å². The Balaban J connectivity index is 1.60. The van der Waals surface area contributed by atoms with Crippen molar-refractivity contribution < 1.29 is 22.7 Å². The molecule has 1 N–H and O–H groups in total. The van der Waals surface area contributed by atoms with Crippen molar-refractivity contribution in [3.63, 3.8) is 0 Å².